The number of nitrogens with one attached hydrogen (secondary N) is 1. The molecule has 0 radical (unpaired) electrons. The molecule has 4 aromatic rings. The SMILES string of the molecule is COc1ccc(-c2csc(N3C(=N)SC4C3=NN(c3ccccc3)C4c3ccc(Cl)cc3)n2)cc1. The summed E-state index contributed by atoms with van der Waals surface area (Å²) >= 11 is 9.20. The minimum Gasteiger partial charge on any atom is -0.497 e. The average Bonchev–Trinajstić information content (AvgIpc) is 3.59. The van der Waals surface area contributed by atoms with E-state index in [4.69, 9.17) is 31.8 Å². The Balaban J connectivity index is 1.38. The second-order valence-corrected chi connectivity index (χ2v) is 10.5. The molecule has 3 aromatic carbocycles. The molecule has 1 N–H and O–H groups in total. The van der Waals surface area contributed by atoms with Crippen LogP contribution >= 0.6 is 34.7 Å². The summed E-state index contributed by atoms with van der Waals surface area (Å²) < 4.78 is 5.27. The van der Waals surface area contributed by atoms with Crippen molar-refractivity contribution in [3.05, 3.63) is 94.8 Å². The van der Waals surface area contributed by atoms with Crippen molar-refractivity contribution in [2.75, 3.05) is 17.0 Å². The number of hydrogen-bond acceptors (Lipinski definition) is 7. The molecule has 6 nitrogen and oxygen atoms in total. The molecule has 9 heteroatoms. The second kappa shape index (κ2) is 9.03. The first-order valence-electron chi connectivity index (χ1n) is 11.0. The number of aromatic nitrogens is 1. The Labute approximate surface area is 216 Å². The van der Waals surface area contributed by atoms with Gasteiger partial charge in [-0.25, -0.2) is 9.88 Å². The van der Waals surface area contributed by atoms with Crippen LogP contribution in [-0.2, 0) is 0 Å². The highest BCUT2D eigenvalue weighted by atomic mass is 35.5. The molecular weight excluding hydrogens is 498 g/mol. The van der Waals surface area contributed by atoms with E-state index in [2.05, 4.69) is 12.1 Å². The Morgan fingerprint density at radius 1 is 0.971 bits per heavy atom. The first-order valence-corrected chi connectivity index (χ1v) is 13.1. The largest absolute Gasteiger partial charge is 0.497 e. The summed E-state index contributed by atoms with van der Waals surface area (Å²) in [6.45, 7) is 0. The van der Waals surface area contributed by atoms with Gasteiger partial charge in [-0.2, -0.15) is 5.10 Å². The van der Waals surface area contributed by atoms with Crippen molar-refractivity contribution in [2.45, 2.75) is 11.3 Å². The Morgan fingerprint density at radius 3 is 2.43 bits per heavy atom. The van der Waals surface area contributed by atoms with E-state index >= 15 is 0 Å². The van der Waals surface area contributed by atoms with Crippen LogP contribution < -0.4 is 14.6 Å². The van der Waals surface area contributed by atoms with E-state index in [1.165, 1.54) is 23.1 Å². The van der Waals surface area contributed by atoms with Gasteiger partial charge in [0, 0.05) is 16.0 Å². The molecule has 0 bridgehead atoms. The van der Waals surface area contributed by atoms with Crippen molar-refractivity contribution in [2.24, 2.45) is 5.10 Å². The van der Waals surface area contributed by atoms with Gasteiger partial charge in [0.15, 0.2) is 16.1 Å². The molecule has 2 atom stereocenters. The molecule has 35 heavy (non-hydrogen) atoms. The first-order chi connectivity index (χ1) is 17.1. The van der Waals surface area contributed by atoms with Gasteiger partial charge in [-0.1, -0.05) is 53.7 Å². The highest BCUT2D eigenvalue weighted by molar-refractivity contribution is 8.16. The minimum atomic E-state index is -0.0685. The molecule has 1 fully saturated rings. The smallest absolute Gasteiger partial charge is 0.197 e. The third kappa shape index (κ3) is 3.97. The van der Waals surface area contributed by atoms with Crippen LogP contribution in [0, 0.1) is 5.41 Å². The molecular formula is C26H20ClN5OS2. The van der Waals surface area contributed by atoms with Crippen molar-refractivity contribution in [1.82, 2.24) is 4.98 Å². The molecule has 0 aliphatic carbocycles. The molecule has 1 saturated heterocycles. The normalized spacial score (nSPS) is 19.1. The maximum atomic E-state index is 8.78. The number of amidine groups is 2. The van der Waals surface area contributed by atoms with Gasteiger partial charge in [-0.3, -0.25) is 10.4 Å². The summed E-state index contributed by atoms with van der Waals surface area (Å²) in [5.41, 5.74) is 3.96. The van der Waals surface area contributed by atoms with Gasteiger partial charge >= 0.3 is 0 Å². The lowest BCUT2D eigenvalue weighted by molar-refractivity contribution is 0.415. The van der Waals surface area contributed by atoms with Crippen LogP contribution in [0.4, 0.5) is 10.8 Å². The van der Waals surface area contributed by atoms with E-state index in [-0.39, 0.29) is 11.3 Å². The average molecular weight is 518 g/mol. The lowest BCUT2D eigenvalue weighted by atomic mass is 10.0. The number of ether oxygens (including phenoxy) is 1. The summed E-state index contributed by atoms with van der Waals surface area (Å²) in [4.78, 5) is 6.74. The number of hydrazone groups is 1. The maximum absolute atomic E-state index is 8.78. The summed E-state index contributed by atoms with van der Waals surface area (Å²) in [5, 5.41) is 19.7. The second-order valence-electron chi connectivity index (χ2n) is 8.06. The Hall–Kier alpha value is -3.33. The Morgan fingerprint density at radius 2 is 1.71 bits per heavy atom. The number of benzene rings is 3. The van der Waals surface area contributed by atoms with Gasteiger partial charge in [0.2, 0.25) is 0 Å². The number of thiazole rings is 1. The lowest BCUT2D eigenvalue weighted by Gasteiger charge is -2.26. The molecule has 0 spiro atoms. The van der Waals surface area contributed by atoms with Crippen LogP contribution in [0.15, 0.2) is 89.3 Å². The number of thioether (sulfide) groups is 1. The molecule has 2 aliphatic heterocycles. The third-order valence-corrected chi connectivity index (χ3v) is 8.19. The number of anilines is 2. The van der Waals surface area contributed by atoms with Gasteiger partial charge in [-0.15, -0.1) is 11.3 Å². The number of methoxy groups -OCH3 is 1. The van der Waals surface area contributed by atoms with Gasteiger partial charge in [0.25, 0.3) is 0 Å². The van der Waals surface area contributed by atoms with Crippen LogP contribution in [0.2, 0.25) is 5.02 Å². The molecule has 174 valence electrons. The topological polar surface area (TPSA) is 64.8 Å². The van der Waals surface area contributed by atoms with Crippen molar-refractivity contribution in [3.63, 3.8) is 0 Å². The van der Waals surface area contributed by atoms with Crippen LogP contribution in [-0.4, -0.2) is 28.3 Å². The zero-order valence-corrected chi connectivity index (χ0v) is 21.0. The predicted molar refractivity (Wildman–Crippen MR) is 146 cm³/mol. The number of rotatable bonds is 5. The van der Waals surface area contributed by atoms with Crippen LogP contribution in [0.5, 0.6) is 5.75 Å². The predicted octanol–water partition coefficient (Wildman–Crippen LogP) is 6.90. The van der Waals surface area contributed by atoms with E-state index in [1.807, 2.05) is 82.0 Å². The van der Waals surface area contributed by atoms with Crippen LogP contribution in [0.25, 0.3) is 11.3 Å². The standard InChI is InChI=1S/C26H20ClN5OS2/c1-33-20-13-9-16(10-14-20)21-15-34-26(29-21)31-24-23(35-25(31)28)22(17-7-11-18(27)12-8-17)32(30-24)19-5-3-2-4-6-19/h2-15,22-23,28H,1H3. The maximum Gasteiger partial charge on any atom is 0.197 e. The van der Waals surface area contributed by atoms with E-state index in [0.29, 0.717) is 10.2 Å². The quantitative estimate of drug-likeness (QED) is 0.312. The Bertz CT molecular complexity index is 1410. The number of nitrogens with zero attached hydrogens (tertiary/aromatic N) is 4. The fourth-order valence-corrected chi connectivity index (χ4v) is 6.50. The summed E-state index contributed by atoms with van der Waals surface area (Å²) in [6.07, 6.45) is 0. The van der Waals surface area contributed by atoms with Crippen molar-refractivity contribution >= 4 is 56.5 Å². The minimum absolute atomic E-state index is 0.0442. The van der Waals surface area contributed by atoms with E-state index < -0.39 is 0 Å². The molecule has 0 saturated carbocycles. The number of halogens is 1. The van der Waals surface area contributed by atoms with Crippen molar-refractivity contribution in [1.29, 1.82) is 5.41 Å². The monoisotopic (exact) mass is 517 g/mol. The van der Waals surface area contributed by atoms with Crippen LogP contribution in [0.1, 0.15) is 11.6 Å². The molecule has 6 rings (SSSR count). The summed E-state index contributed by atoms with van der Waals surface area (Å²) in [6, 6.07) is 25.8. The number of para-hydroxylation sites is 1. The van der Waals surface area contributed by atoms with Crippen LogP contribution in [0.3, 0.4) is 0 Å². The van der Waals surface area contributed by atoms with Crippen molar-refractivity contribution < 1.29 is 4.74 Å². The van der Waals surface area contributed by atoms with E-state index in [0.717, 1.165) is 39.2 Å². The molecule has 3 heterocycles. The fraction of sp³-hybridized carbons (Fsp3) is 0.115. The molecule has 1 aromatic heterocycles. The first kappa shape index (κ1) is 22.2. The molecule has 0 amide bonds. The van der Waals surface area contributed by atoms with E-state index in [9.17, 15) is 0 Å². The Kier molecular flexibility index (Phi) is 5.72. The third-order valence-electron chi connectivity index (χ3n) is 5.99. The number of fused-ring (bicyclic) bond motifs is 1. The highest BCUT2D eigenvalue weighted by Crippen LogP contribution is 2.48. The summed E-state index contributed by atoms with van der Waals surface area (Å²) in [5.74, 6) is 1.62. The van der Waals surface area contributed by atoms with Gasteiger partial charge in [0.05, 0.1) is 29.8 Å². The zero-order valence-electron chi connectivity index (χ0n) is 18.6. The van der Waals surface area contributed by atoms with E-state index in [1.54, 1.807) is 7.11 Å². The van der Waals surface area contributed by atoms with Gasteiger partial charge in [-0.05, 0) is 54.1 Å². The van der Waals surface area contributed by atoms with Crippen molar-refractivity contribution in [3.8, 4) is 17.0 Å². The molecule has 2 aliphatic rings. The van der Waals surface area contributed by atoms with Gasteiger partial charge < -0.3 is 4.74 Å². The lowest BCUT2D eigenvalue weighted by Crippen LogP contribution is -2.31. The van der Waals surface area contributed by atoms with Gasteiger partial charge in [0.1, 0.15) is 5.75 Å². The highest BCUT2D eigenvalue weighted by Gasteiger charge is 2.49. The number of hydrogen-bond donors (Lipinski definition) is 1. The summed E-state index contributed by atoms with van der Waals surface area (Å²) in [7, 11) is 1.65. The molecule has 2 unspecified atom stereocenters. The zero-order chi connectivity index (χ0) is 23.9. The fourth-order valence-electron chi connectivity index (χ4n) is 4.29.